The van der Waals surface area contributed by atoms with Gasteiger partial charge in [0.25, 0.3) is 0 Å². The lowest BCUT2D eigenvalue weighted by molar-refractivity contribution is 0.371. The van der Waals surface area contributed by atoms with Gasteiger partial charge in [-0.15, -0.1) is 0 Å². The molecule has 0 saturated heterocycles. The van der Waals surface area contributed by atoms with Gasteiger partial charge in [-0.3, -0.25) is 0 Å². The summed E-state index contributed by atoms with van der Waals surface area (Å²) in [4.78, 5) is 4.53. The summed E-state index contributed by atoms with van der Waals surface area (Å²) in [6, 6.07) is 7.55. The SMILES string of the molecule is ClC1=CC(c2ccc(Cl)cc2)=NC2=CCNN12. The molecule has 3 nitrogen and oxygen atoms in total. The first-order valence-electron chi connectivity index (χ1n) is 5.20. The van der Waals surface area contributed by atoms with Crippen molar-refractivity contribution in [1.82, 2.24) is 10.4 Å². The molecular formula is C12H9Cl2N3. The first-order valence-corrected chi connectivity index (χ1v) is 5.95. The molecule has 17 heavy (non-hydrogen) atoms. The molecule has 2 heterocycles. The molecule has 0 atom stereocenters. The molecule has 1 aromatic carbocycles. The summed E-state index contributed by atoms with van der Waals surface area (Å²) in [6.07, 6.45) is 3.83. The van der Waals surface area contributed by atoms with Crippen molar-refractivity contribution in [2.45, 2.75) is 0 Å². The predicted molar refractivity (Wildman–Crippen MR) is 69.8 cm³/mol. The molecule has 1 aromatic rings. The molecule has 1 N–H and O–H groups in total. The van der Waals surface area contributed by atoms with Crippen LogP contribution in [0.2, 0.25) is 5.02 Å². The number of nitrogens with one attached hydrogen (secondary N) is 1. The molecule has 0 aromatic heterocycles. The van der Waals surface area contributed by atoms with Crippen LogP contribution in [0.25, 0.3) is 0 Å². The lowest BCUT2D eigenvalue weighted by Gasteiger charge is -2.22. The van der Waals surface area contributed by atoms with Gasteiger partial charge in [-0.25, -0.2) is 15.4 Å². The lowest BCUT2D eigenvalue weighted by atomic mass is 10.1. The van der Waals surface area contributed by atoms with Crippen LogP contribution < -0.4 is 5.43 Å². The van der Waals surface area contributed by atoms with E-state index in [1.165, 1.54) is 0 Å². The quantitative estimate of drug-likeness (QED) is 0.791. The number of benzene rings is 1. The number of hydrogen-bond donors (Lipinski definition) is 1. The largest absolute Gasteiger partial charge is 0.248 e. The summed E-state index contributed by atoms with van der Waals surface area (Å²) in [5.41, 5.74) is 4.95. The highest BCUT2D eigenvalue weighted by Gasteiger charge is 2.22. The number of hydrazine groups is 1. The monoisotopic (exact) mass is 265 g/mol. The van der Waals surface area contributed by atoms with Gasteiger partial charge in [0.05, 0.1) is 5.71 Å². The minimum atomic E-state index is 0.619. The van der Waals surface area contributed by atoms with E-state index >= 15 is 0 Å². The topological polar surface area (TPSA) is 27.6 Å². The number of halogens is 2. The second-order valence-corrected chi connectivity index (χ2v) is 4.55. The summed E-state index contributed by atoms with van der Waals surface area (Å²) >= 11 is 12.0. The molecule has 0 fully saturated rings. The summed E-state index contributed by atoms with van der Waals surface area (Å²) in [7, 11) is 0. The van der Waals surface area contributed by atoms with Crippen molar-refractivity contribution >= 4 is 28.9 Å². The average molecular weight is 266 g/mol. The Hall–Kier alpha value is -1.29. The normalized spacial score (nSPS) is 18.5. The average Bonchev–Trinajstić information content (AvgIpc) is 2.78. The van der Waals surface area contributed by atoms with E-state index < -0.39 is 0 Å². The van der Waals surface area contributed by atoms with Crippen LogP contribution in [0.5, 0.6) is 0 Å². The molecule has 86 valence electrons. The molecule has 0 radical (unpaired) electrons. The van der Waals surface area contributed by atoms with E-state index in [4.69, 9.17) is 23.2 Å². The minimum Gasteiger partial charge on any atom is -0.248 e. The van der Waals surface area contributed by atoms with E-state index in [1.54, 1.807) is 5.01 Å². The fraction of sp³-hybridized carbons (Fsp3) is 0.0833. The van der Waals surface area contributed by atoms with Crippen LogP contribution in [-0.2, 0) is 0 Å². The molecular weight excluding hydrogens is 257 g/mol. The Morgan fingerprint density at radius 2 is 1.94 bits per heavy atom. The van der Waals surface area contributed by atoms with Crippen LogP contribution >= 0.6 is 23.2 Å². The van der Waals surface area contributed by atoms with Gasteiger partial charge < -0.3 is 0 Å². The van der Waals surface area contributed by atoms with Crippen molar-refractivity contribution in [1.29, 1.82) is 0 Å². The van der Waals surface area contributed by atoms with Gasteiger partial charge in [-0.1, -0.05) is 35.3 Å². The van der Waals surface area contributed by atoms with Crippen LogP contribution in [-0.4, -0.2) is 17.3 Å². The fourth-order valence-corrected chi connectivity index (χ4v) is 2.16. The Kier molecular flexibility index (Phi) is 2.67. The molecule has 2 aliphatic rings. The minimum absolute atomic E-state index is 0.619. The molecule has 0 amide bonds. The Morgan fingerprint density at radius 3 is 2.71 bits per heavy atom. The Balaban J connectivity index is 2.01. The van der Waals surface area contributed by atoms with Crippen LogP contribution in [0.15, 0.2) is 52.4 Å². The van der Waals surface area contributed by atoms with E-state index in [-0.39, 0.29) is 0 Å². The van der Waals surface area contributed by atoms with Crippen LogP contribution in [0, 0.1) is 0 Å². The second kappa shape index (κ2) is 4.18. The molecule has 3 rings (SSSR count). The van der Waals surface area contributed by atoms with Crippen molar-refractivity contribution < 1.29 is 0 Å². The number of allylic oxidation sites excluding steroid dienone is 1. The van der Waals surface area contributed by atoms with Gasteiger partial charge >= 0.3 is 0 Å². The lowest BCUT2D eigenvalue weighted by Crippen LogP contribution is -2.31. The van der Waals surface area contributed by atoms with Gasteiger partial charge in [-0.05, 0) is 18.2 Å². The Morgan fingerprint density at radius 1 is 1.18 bits per heavy atom. The number of fused-ring (bicyclic) bond motifs is 1. The molecule has 0 unspecified atom stereocenters. The summed E-state index contributed by atoms with van der Waals surface area (Å²) in [6.45, 7) is 0.747. The number of nitrogens with zero attached hydrogens (tertiary/aromatic N) is 2. The molecule has 0 aliphatic carbocycles. The zero-order valence-electron chi connectivity index (χ0n) is 8.82. The van der Waals surface area contributed by atoms with E-state index in [1.807, 2.05) is 36.4 Å². The number of hydrogen-bond acceptors (Lipinski definition) is 3. The molecule has 5 heteroatoms. The van der Waals surface area contributed by atoms with Gasteiger partial charge in [0.15, 0.2) is 0 Å². The second-order valence-electron chi connectivity index (χ2n) is 3.73. The number of rotatable bonds is 1. The molecule has 0 bridgehead atoms. The van der Waals surface area contributed by atoms with Crippen molar-refractivity contribution in [3.8, 4) is 0 Å². The van der Waals surface area contributed by atoms with Gasteiger partial charge in [0.2, 0.25) is 0 Å². The van der Waals surface area contributed by atoms with E-state index in [2.05, 4.69) is 10.4 Å². The highest BCUT2D eigenvalue weighted by molar-refractivity contribution is 6.32. The summed E-state index contributed by atoms with van der Waals surface area (Å²) in [5, 5.41) is 3.10. The number of aliphatic imine (C=N–C) groups is 1. The Bertz CT molecular complexity index is 543. The van der Waals surface area contributed by atoms with Crippen molar-refractivity contribution in [3.05, 3.63) is 58.0 Å². The van der Waals surface area contributed by atoms with Crippen molar-refractivity contribution in [3.63, 3.8) is 0 Å². The maximum Gasteiger partial charge on any atom is 0.146 e. The van der Waals surface area contributed by atoms with E-state index in [9.17, 15) is 0 Å². The highest BCUT2D eigenvalue weighted by atomic mass is 35.5. The third kappa shape index (κ3) is 1.97. The molecule has 2 aliphatic heterocycles. The van der Waals surface area contributed by atoms with Crippen molar-refractivity contribution in [2.24, 2.45) is 4.99 Å². The maximum absolute atomic E-state index is 6.17. The predicted octanol–water partition coefficient (Wildman–Crippen LogP) is 2.88. The first-order chi connectivity index (χ1) is 8.24. The fourth-order valence-electron chi connectivity index (χ4n) is 1.78. The third-order valence-electron chi connectivity index (χ3n) is 2.61. The van der Waals surface area contributed by atoms with Gasteiger partial charge in [-0.2, -0.15) is 0 Å². The summed E-state index contributed by atoms with van der Waals surface area (Å²) < 4.78 is 0. The first kappa shape index (κ1) is 10.8. The van der Waals surface area contributed by atoms with Crippen molar-refractivity contribution in [2.75, 3.05) is 6.54 Å². The third-order valence-corrected chi connectivity index (χ3v) is 3.14. The van der Waals surface area contributed by atoms with E-state index in [0.29, 0.717) is 10.2 Å². The van der Waals surface area contributed by atoms with Gasteiger partial charge in [0.1, 0.15) is 11.0 Å². The summed E-state index contributed by atoms with van der Waals surface area (Å²) in [5.74, 6) is 0.836. The standard InChI is InChI=1S/C12H9Cl2N3/c13-9-3-1-8(2-4-9)10-7-11(14)17-12(16-10)5-6-15-17/h1-5,7,15H,6H2. The van der Waals surface area contributed by atoms with Crippen LogP contribution in [0.3, 0.4) is 0 Å². The zero-order valence-corrected chi connectivity index (χ0v) is 10.3. The smallest absolute Gasteiger partial charge is 0.146 e. The Labute approximate surface area is 109 Å². The van der Waals surface area contributed by atoms with Crippen LogP contribution in [0.1, 0.15) is 5.56 Å². The maximum atomic E-state index is 6.17. The van der Waals surface area contributed by atoms with Gasteiger partial charge in [0, 0.05) is 23.2 Å². The molecule has 0 spiro atoms. The zero-order chi connectivity index (χ0) is 11.8. The highest BCUT2D eigenvalue weighted by Crippen LogP contribution is 2.25. The van der Waals surface area contributed by atoms with Crippen LogP contribution in [0.4, 0.5) is 0 Å². The molecule has 0 saturated carbocycles. The van der Waals surface area contributed by atoms with E-state index in [0.717, 1.165) is 23.6 Å².